The molecule has 1 aliphatic rings. The van der Waals surface area contributed by atoms with Crippen molar-refractivity contribution in [2.24, 2.45) is 10.8 Å². The Morgan fingerprint density at radius 2 is 1.72 bits per heavy atom. The summed E-state index contributed by atoms with van der Waals surface area (Å²) in [5, 5.41) is 9.40. The van der Waals surface area contributed by atoms with Crippen molar-refractivity contribution in [3.05, 3.63) is 0 Å². The van der Waals surface area contributed by atoms with E-state index in [2.05, 4.69) is 19.9 Å². The molecule has 1 fully saturated rings. The van der Waals surface area contributed by atoms with Crippen LogP contribution in [0.2, 0.25) is 0 Å². The van der Waals surface area contributed by atoms with E-state index in [-0.39, 0.29) is 16.9 Å². The van der Waals surface area contributed by atoms with E-state index in [0.29, 0.717) is 11.8 Å². The van der Waals surface area contributed by atoms with Crippen molar-refractivity contribution in [2.75, 3.05) is 11.5 Å². The fraction of sp³-hybridized carbons (Fsp3) is 0.929. The smallest absolute Gasteiger partial charge is 0.150 e. The molecule has 0 amide bonds. The molecule has 0 atom stereocenters. The molecule has 1 saturated carbocycles. The van der Waals surface area contributed by atoms with Gasteiger partial charge in [0.1, 0.15) is 9.84 Å². The molecule has 0 unspecified atom stereocenters. The third-order valence-electron chi connectivity index (χ3n) is 4.35. The summed E-state index contributed by atoms with van der Waals surface area (Å²) in [7, 11) is -2.89. The number of hydrogen-bond donors (Lipinski definition) is 0. The maximum absolute atomic E-state index is 11.5. The second-order valence-electron chi connectivity index (χ2n) is 6.40. The Hall–Kier alpha value is -0.560. The Labute approximate surface area is 111 Å². The summed E-state index contributed by atoms with van der Waals surface area (Å²) in [6, 6.07) is 2.46. The molecule has 18 heavy (non-hydrogen) atoms. The predicted octanol–water partition coefficient (Wildman–Crippen LogP) is 3.31. The van der Waals surface area contributed by atoms with E-state index in [0.717, 1.165) is 32.1 Å². The van der Waals surface area contributed by atoms with Crippen LogP contribution in [0.4, 0.5) is 0 Å². The third-order valence-corrected chi connectivity index (χ3v) is 6.14. The number of nitriles is 1. The van der Waals surface area contributed by atoms with E-state index < -0.39 is 9.84 Å². The van der Waals surface area contributed by atoms with Crippen molar-refractivity contribution in [1.29, 1.82) is 5.26 Å². The highest BCUT2D eigenvalue weighted by Gasteiger charge is 2.38. The standard InChI is InChI=1S/C14H25NO2S/c1-4-18(16,17)11-5-6-14(12-15)9-7-13(2,3)8-10-14/h4-11H2,1-3H3. The highest BCUT2D eigenvalue weighted by atomic mass is 32.2. The Morgan fingerprint density at radius 3 is 2.17 bits per heavy atom. The topological polar surface area (TPSA) is 57.9 Å². The Bertz CT molecular complexity index is 408. The van der Waals surface area contributed by atoms with Gasteiger partial charge in [0.2, 0.25) is 0 Å². The quantitative estimate of drug-likeness (QED) is 0.770. The molecular weight excluding hydrogens is 246 g/mol. The molecule has 0 aliphatic heterocycles. The van der Waals surface area contributed by atoms with E-state index in [4.69, 9.17) is 0 Å². The summed E-state index contributed by atoms with van der Waals surface area (Å²) in [6.45, 7) is 6.17. The number of nitrogens with zero attached hydrogens (tertiary/aromatic N) is 1. The zero-order chi connectivity index (χ0) is 13.9. The van der Waals surface area contributed by atoms with Crippen LogP contribution in [0.3, 0.4) is 0 Å². The highest BCUT2D eigenvalue weighted by Crippen LogP contribution is 2.47. The summed E-state index contributed by atoms with van der Waals surface area (Å²) in [5.41, 5.74) is 0.0780. The van der Waals surface area contributed by atoms with E-state index in [1.165, 1.54) is 0 Å². The van der Waals surface area contributed by atoms with Crippen LogP contribution in [0.25, 0.3) is 0 Å². The molecule has 0 saturated heterocycles. The van der Waals surface area contributed by atoms with Crippen LogP contribution in [0.15, 0.2) is 0 Å². The van der Waals surface area contributed by atoms with Crippen molar-refractivity contribution < 1.29 is 8.42 Å². The van der Waals surface area contributed by atoms with Gasteiger partial charge in [0.25, 0.3) is 0 Å². The third kappa shape index (κ3) is 4.28. The normalized spacial score (nSPS) is 22.3. The van der Waals surface area contributed by atoms with E-state index in [1.807, 2.05) is 0 Å². The highest BCUT2D eigenvalue weighted by molar-refractivity contribution is 7.91. The number of rotatable bonds is 5. The molecule has 1 aliphatic carbocycles. The lowest BCUT2D eigenvalue weighted by Crippen LogP contribution is -2.30. The van der Waals surface area contributed by atoms with Crippen molar-refractivity contribution >= 4 is 9.84 Å². The second kappa shape index (κ2) is 5.61. The zero-order valence-electron chi connectivity index (χ0n) is 11.8. The van der Waals surface area contributed by atoms with Crippen molar-refractivity contribution in [3.8, 4) is 6.07 Å². The molecular formula is C14H25NO2S. The van der Waals surface area contributed by atoms with Gasteiger partial charge in [0, 0.05) is 5.75 Å². The molecule has 0 spiro atoms. The Morgan fingerprint density at radius 1 is 1.17 bits per heavy atom. The maximum Gasteiger partial charge on any atom is 0.150 e. The van der Waals surface area contributed by atoms with E-state index >= 15 is 0 Å². The number of hydrogen-bond acceptors (Lipinski definition) is 3. The Kier molecular flexibility index (Phi) is 4.83. The second-order valence-corrected chi connectivity index (χ2v) is 8.87. The number of sulfone groups is 1. The molecule has 0 bridgehead atoms. The molecule has 0 aromatic rings. The molecule has 4 heteroatoms. The van der Waals surface area contributed by atoms with Crippen molar-refractivity contribution in [1.82, 2.24) is 0 Å². The molecule has 0 radical (unpaired) electrons. The van der Waals surface area contributed by atoms with Gasteiger partial charge in [-0.25, -0.2) is 8.42 Å². The van der Waals surface area contributed by atoms with Crippen LogP contribution in [0.5, 0.6) is 0 Å². The summed E-state index contributed by atoms with van der Waals surface area (Å²) in [4.78, 5) is 0. The maximum atomic E-state index is 11.5. The lowest BCUT2D eigenvalue weighted by Gasteiger charge is -2.39. The first-order chi connectivity index (χ1) is 8.24. The molecule has 0 heterocycles. The SMILES string of the molecule is CCS(=O)(=O)CCCC1(C#N)CCC(C)(C)CC1. The molecule has 3 nitrogen and oxygen atoms in total. The largest absolute Gasteiger partial charge is 0.229 e. The van der Waals surface area contributed by atoms with Crippen LogP contribution in [-0.2, 0) is 9.84 Å². The van der Waals surface area contributed by atoms with Gasteiger partial charge in [-0.05, 0) is 43.9 Å². The van der Waals surface area contributed by atoms with Crippen LogP contribution >= 0.6 is 0 Å². The summed E-state index contributed by atoms with van der Waals surface area (Å²) >= 11 is 0. The summed E-state index contributed by atoms with van der Waals surface area (Å²) in [6.07, 6.45) is 5.34. The minimum Gasteiger partial charge on any atom is -0.229 e. The van der Waals surface area contributed by atoms with Gasteiger partial charge >= 0.3 is 0 Å². The van der Waals surface area contributed by atoms with Crippen LogP contribution in [0, 0.1) is 22.2 Å². The lowest BCUT2D eigenvalue weighted by atomic mass is 9.64. The van der Waals surface area contributed by atoms with Gasteiger partial charge in [0.05, 0.1) is 17.2 Å². The van der Waals surface area contributed by atoms with Gasteiger partial charge in [0.15, 0.2) is 0 Å². The minimum absolute atomic E-state index is 0.208. The van der Waals surface area contributed by atoms with Gasteiger partial charge in [-0.1, -0.05) is 20.8 Å². The minimum atomic E-state index is -2.89. The molecule has 0 N–H and O–H groups in total. The fourth-order valence-corrected chi connectivity index (χ4v) is 3.47. The van der Waals surface area contributed by atoms with Crippen LogP contribution in [-0.4, -0.2) is 19.9 Å². The average Bonchev–Trinajstić information content (AvgIpc) is 2.32. The van der Waals surface area contributed by atoms with E-state index in [1.54, 1.807) is 6.92 Å². The summed E-state index contributed by atoms with van der Waals surface area (Å²) in [5.74, 6) is 0.440. The van der Waals surface area contributed by atoms with Gasteiger partial charge < -0.3 is 0 Å². The average molecular weight is 271 g/mol. The molecule has 0 aromatic carbocycles. The van der Waals surface area contributed by atoms with Crippen molar-refractivity contribution in [2.45, 2.75) is 59.3 Å². The lowest BCUT2D eigenvalue weighted by molar-refractivity contribution is 0.138. The van der Waals surface area contributed by atoms with Crippen LogP contribution in [0.1, 0.15) is 59.3 Å². The van der Waals surface area contributed by atoms with Crippen LogP contribution < -0.4 is 0 Å². The first-order valence-corrected chi connectivity index (χ1v) is 8.68. The Balaban J connectivity index is 2.52. The van der Waals surface area contributed by atoms with Gasteiger partial charge in [-0.3, -0.25) is 0 Å². The van der Waals surface area contributed by atoms with Crippen molar-refractivity contribution in [3.63, 3.8) is 0 Å². The first kappa shape index (κ1) is 15.5. The van der Waals surface area contributed by atoms with Gasteiger partial charge in [-0.2, -0.15) is 5.26 Å². The molecule has 104 valence electrons. The molecule has 1 rings (SSSR count). The predicted molar refractivity (Wildman–Crippen MR) is 73.9 cm³/mol. The molecule has 0 aromatic heterocycles. The summed E-state index contributed by atoms with van der Waals surface area (Å²) < 4.78 is 22.9. The monoisotopic (exact) mass is 271 g/mol. The van der Waals surface area contributed by atoms with E-state index in [9.17, 15) is 13.7 Å². The van der Waals surface area contributed by atoms with Gasteiger partial charge in [-0.15, -0.1) is 0 Å². The zero-order valence-corrected chi connectivity index (χ0v) is 12.6. The fourth-order valence-electron chi connectivity index (χ4n) is 2.60. The first-order valence-electron chi connectivity index (χ1n) is 6.86.